The number of hydrogen-bond acceptors (Lipinski definition) is 3. The van der Waals surface area contributed by atoms with E-state index in [1.54, 1.807) is 26.1 Å². The Morgan fingerprint density at radius 3 is 2.50 bits per heavy atom. The largest absolute Gasteiger partial charge is 0.384 e. The summed E-state index contributed by atoms with van der Waals surface area (Å²) in [6.45, 7) is 4.18. The molecule has 0 amide bonds. The van der Waals surface area contributed by atoms with Crippen molar-refractivity contribution in [2.24, 2.45) is 0 Å². The van der Waals surface area contributed by atoms with Crippen molar-refractivity contribution in [1.82, 2.24) is 4.98 Å². The van der Waals surface area contributed by atoms with Gasteiger partial charge in [0.05, 0.1) is 0 Å². The molecule has 0 atom stereocenters. The second kappa shape index (κ2) is 5.04. The van der Waals surface area contributed by atoms with Crippen LogP contribution in [0.5, 0.6) is 0 Å². The average molecular weight is 245 g/mol. The van der Waals surface area contributed by atoms with Gasteiger partial charge in [-0.05, 0) is 36.6 Å². The van der Waals surface area contributed by atoms with Gasteiger partial charge in [-0.3, -0.25) is 0 Å². The van der Waals surface area contributed by atoms with E-state index in [1.165, 1.54) is 0 Å². The van der Waals surface area contributed by atoms with Crippen LogP contribution in [0.1, 0.15) is 16.7 Å². The molecule has 0 aliphatic heterocycles. The van der Waals surface area contributed by atoms with E-state index in [1.807, 2.05) is 18.2 Å². The molecule has 0 aliphatic rings. The molecule has 2 rings (SSSR count). The molecular formula is C14H16FN3. The van der Waals surface area contributed by atoms with E-state index in [9.17, 15) is 4.39 Å². The number of pyridine rings is 1. The highest BCUT2D eigenvalue weighted by molar-refractivity contribution is 5.50. The lowest BCUT2D eigenvalue weighted by molar-refractivity contribution is 0.608. The third-order valence-corrected chi connectivity index (χ3v) is 2.77. The minimum absolute atomic E-state index is 0.132. The van der Waals surface area contributed by atoms with Crippen molar-refractivity contribution in [1.29, 1.82) is 0 Å². The minimum atomic E-state index is -0.132. The summed E-state index contributed by atoms with van der Waals surface area (Å²) in [5, 5.41) is 3.23. The molecule has 0 aliphatic carbocycles. The molecule has 0 spiro atoms. The van der Waals surface area contributed by atoms with Crippen LogP contribution in [0.3, 0.4) is 0 Å². The molecule has 0 radical (unpaired) electrons. The lowest BCUT2D eigenvalue weighted by Crippen LogP contribution is -2.02. The normalized spacial score (nSPS) is 10.4. The van der Waals surface area contributed by atoms with Crippen LogP contribution >= 0.6 is 0 Å². The van der Waals surface area contributed by atoms with Crippen LogP contribution in [0, 0.1) is 19.7 Å². The molecular weight excluding hydrogens is 229 g/mol. The van der Waals surface area contributed by atoms with Crippen LogP contribution in [-0.2, 0) is 6.54 Å². The smallest absolute Gasteiger partial charge is 0.129 e. The SMILES string of the molecule is Cc1cc(CNc2ccnc(N)c2)cc(C)c1F. The summed E-state index contributed by atoms with van der Waals surface area (Å²) in [7, 11) is 0. The van der Waals surface area contributed by atoms with E-state index in [2.05, 4.69) is 10.3 Å². The number of hydrogen-bond donors (Lipinski definition) is 2. The minimum Gasteiger partial charge on any atom is -0.384 e. The van der Waals surface area contributed by atoms with Gasteiger partial charge in [-0.2, -0.15) is 0 Å². The molecule has 18 heavy (non-hydrogen) atoms. The zero-order chi connectivity index (χ0) is 13.1. The number of nitrogen functional groups attached to an aromatic ring is 1. The maximum Gasteiger partial charge on any atom is 0.129 e. The summed E-state index contributed by atoms with van der Waals surface area (Å²) >= 11 is 0. The van der Waals surface area contributed by atoms with Gasteiger partial charge in [0.25, 0.3) is 0 Å². The zero-order valence-corrected chi connectivity index (χ0v) is 10.5. The Bertz CT molecular complexity index is 544. The summed E-state index contributed by atoms with van der Waals surface area (Å²) in [6.07, 6.45) is 1.65. The maximum absolute atomic E-state index is 13.5. The van der Waals surface area contributed by atoms with Gasteiger partial charge < -0.3 is 11.1 Å². The number of aryl methyl sites for hydroxylation is 2. The van der Waals surface area contributed by atoms with Crippen molar-refractivity contribution in [3.63, 3.8) is 0 Å². The van der Waals surface area contributed by atoms with E-state index >= 15 is 0 Å². The predicted molar refractivity (Wildman–Crippen MR) is 71.9 cm³/mol. The van der Waals surface area contributed by atoms with Gasteiger partial charge in [0.2, 0.25) is 0 Å². The Hall–Kier alpha value is -2.10. The fourth-order valence-corrected chi connectivity index (χ4v) is 1.90. The summed E-state index contributed by atoms with van der Waals surface area (Å²) in [5.41, 5.74) is 8.88. The second-order valence-electron chi connectivity index (χ2n) is 4.37. The quantitative estimate of drug-likeness (QED) is 0.873. The molecule has 0 bridgehead atoms. The van der Waals surface area contributed by atoms with Crippen molar-refractivity contribution in [2.75, 3.05) is 11.1 Å². The zero-order valence-electron chi connectivity index (χ0n) is 10.5. The van der Waals surface area contributed by atoms with Crippen molar-refractivity contribution < 1.29 is 4.39 Å². The van der Waals surface area contributed by atoms with Crippen molar-refractivity contribution >= 4 is 11.5 Å². The molecule has 0 fully saturated rings. The molecule has 2 aromatic rings. The standard InChI is InChI=1S/C14H16FN3/c1-9-5-11(6-10(2)14(9)15)8-18-12-3-4-17-13(16)7-12/h3-7H,8H2,1-2H3,(H3,16,17,18). The van der Waals surface area contributed by atoms with Crippen LogP contribution in [0.2, 0.25) is 0 Å². The van der Waals surface area contributed by atoms with E-state index in [0.717, 1.165) is 11.3 Å². The fourth-order valence-electron chi connectivity index (χ4n) is 1.90. The first-order valence-corrected chi connectivity index (χ1v) is 5.77. The number of nitrogens with zero attached hydrogens (tertiary/aromatic N) is 1. The van der Waals surface area contributed by atoms with Crippen molar-refractivity contribution in [3.05, 3.63) is 53.0 Å². The molecule has 0 unspecified atom stereocenters. The average Bonchev–Trinajstić information content (AvgIpc) is 2.33. The third-order valence-electron chi connectivity index (χ3n) is 2.77. The lowest BCUT2D eigenvalue weighted by Gasteiger charge is -2.09. The Labute approximate surface area is 106 Å². The molecule has 0 saturated heterocycles. The summed E-state index contributed by atoms with van der Waals surface area (Å²) < 4.78 is 13.5. The Kier molecular flexibility index (Phi) is 3.46. The number of aromatic nitrogens is 1. The lowest BCUT2D eigenvalue weighted by atomic mass is 10.1. The highest BCUT2D eigenvalue weighted by atomic mass is 19.1. The summed E-state index contributed by atoms with van der Waals surface area (Å²) in [4.78, 5) is 3.92. The number of benzene rings is 1. The van der Waals surface area contributed by atoms with E-state index < -0.39 is 0 Å². The summed E-state index contributed by atoms with van der Waals surface area (Å²) in [5.74, 6) is 0.346. The van der Waals surface area contributed by atoms with Gasteiger partial charge in [0.1, 0.15) is 11.6 Å². The van der Waals surface area contributed by atoms with Gasteiger partial charge in [-0.1, -0.05) is 12.1 Å². The number of rotatable bonds is 3. The van der Waals surface area contributed by atoms with Gasteiger partial charge >= 0.3 is 0 Å². The van der Waals surface area contributed by atoms with Crippen LogP contribution in [0.25, 0.3) is 0 Å². The fraction of sp³-hybridized carbons (Fsp3) is 0.214. The Morgan fingerprint density at radius 2 is 1.89 bits per heavy atom. The first-order chi connectivity index (χ1) is 8.56. The maximum atomic E-state index is 13.5. The van der Waals surface area contributed by atoms with Gasteiger partial charge in [-0.15, -0.1) is 0 Å². The van der Waals surface area contributed by atoms with E-state index in [4.69, 9.17) is 5.73 Å². The van der Waals surface area contributed by atoms with Crippen molar-refractivity contribution in [3.8, 4) is 0 Å². The highest BCUT2D eigenvalue weighted by Crippen LogP contribution is 2.16. The topological polar surface area (TPSA) is 50.9 Å². The highest BCUT2D eigenvalue weighted by Gasteiger charge is 2.04. The number of nitrogens with two attached hydrogens (primary N) is 1. The van der Waals surface area contributed by atoms with Gasteiger partial charge in [0.15, 0.2) is 0 Å². The first kappa shape index (κ1) is 12.4. The molecule has 0 saturated carbocycles. The molecule has 1 heterocycles. The molecule has 1 aromatic heterocycles. The Balaban J connectivity index is 2.11. The van der Waals surface area contributed by atoms with Gasteiger partial charge in [0, 0.05) is 24.5 Å². The molecule has 3 nitrogen and oxygen atoms in total. The van der Waals surface area contributed by atoms with Crippen LogP contribution < -0.4 is 11.1 Å². The van der Waals surface area contributed by atoms with E-state index in [-0.39, 0.29) is 5.82 Å². The summed E-state index contributed by atoms with van der Waals surface area (Å²) in [6, 6.07) is 7.31. The molecule has 3 N–H and O–H groups in total. The second-order valence-corrected chi connectivity index (χ2v) is 4.37. The molecule has 94 valence electrons. The molecule has 4 heteroatoms. The number of anilines is 2. The monoisotopic (exact) mass is 245 g/mol. The van der Waals surface area contributed by atoms with E-state index in [0.29, 0.717) is 23.5 Å². The van der Waals surface area contributed by atoms with Crippen molar-refractivity contribution in [2.45, 2.75) is 20.4 Å². The Morgan fingerprint density at radius 1 is 1.22 bits per heavy atom. The number of halogens is 1. The van der Waals surface area contributed by atoms with Crippen LogP contribution in [0.15, 0.2) is 30.5 Å². The van der Waals surface area contributed by atoms with Crippen LogP contribution in [-0.4, -0.2) is 4.98 Å². The predicted octanol–water partition coefficient (Wildman–Crippen LogP) is 3.03. The number of nitrogens with one attached hydrogen (secondary N) is 1. The van der Waals surface area contributed by atoms with Gasteiger partial charge in [-0.25, -0.2) is 9.37 Å². The first-order valence-electron chi connectivity index (χ1n) is 5.77. The molecule has 1 aromatic carbocycles. The van der Waals surface area contributed by atoms with Crippen LogP contribution in [0.4, 0.5) is 15.9 Å². The third kappa shape index (κ3) is 2.77.